The van der Waals surface area contributed by atoms with Gasteiger partial charge in [-0.15, -0.1) is 0 Å². The first-order valence-corrected chi connectivity index (χ1v) is 6.40. The smallest absolute Gasteiger partial charge is 0.0522 e. The number of aryl methyl sites for hydroxylation is 1. The minimum Gasteiger partial charge on any atom is -0.316 e. The van der Waals surface area contributed by atoms with Gasteiger partial charge in [-0.3, -0.25) is 4.68 Å². The largest absolute Gasteiger partial charge is 0.316 e. The van der Waals surface area contributed by atoms with E-state index in [1.807, 2.05) is 25.0 Å². The molecule has 18 heavy (non-hydrogen) atoms. The summed E-state index contributed by atoms with van der Waals surface area (Å²) in [6.45, 7) is 2.27. The van der Waals surface area contributed by atoms with Gasteiger partial charge in [0.25, 0.3) is 0 Å². The average molecular weight is 243 g/mol. The second-order valence-electron chi connectivity index (χ2n) is 4.82. The van der Waals surface area contributed by atoms with E-state index in [0.29, 0.717) is 12.0 Å². The van der Waals surface area contributed by atoms with Crippen molar-refractivity contribution in [2.75, 3.05) is 7.05 Å². The second kappa shape index (κ2) is 5.83. The summed E-state index contributed by atoms with van der Waals surface area (Å²) in [5, 5.41) is 7.65. The lowest BCUT2D eigenvalue weighted by atomic mass is 9.90. The van der Waals surface area contributed by atoms with Crippen LogP contribution in [-0.4, -0.2) is 22.9 Å². The van der Waals surface area contributed by atoms with Crippen molar-refractivity contribution in [3.63, 3.8) is 0 Å². The fraction of sp³-hybridized carbons (Fsp3) is 0.400. The molecule has 3 nitrogen and oxygen atoms in total. The van der Waals surface area contributed by atoms with Gasteiger partial charge in [0.05, 0.1) is 6.20 Å². The highest BCUT2D eigenvalue weighted by molar-refractivity contribution is 5.21. The van der Waals surface area contributed by atoms with E-state index >= 15 is 0 Å². The molecule has 0 aliphatic heterocycles. The summed E-state index contributed by atoms with van der Waals surface area (Å²) in [4.78, 5) is 0. The third-order valence-corrected chi connectivity index (χ3v) is 3.51. The van der Waals surface area contributed by atoms with Crippen molar-refractivity contribution in [2.45, 2.75) is 25.3 Å². The molecule has 1 N–H and O–H groups in total. The molecular weight excluding hydrogens is 222 g/mol. The van der Waals surface area contributed by atoms with Crippen LogP contribution < -0.4 is 5.32 Å². The average Bonchev–Trinajstić information content (AvgIpc) is 2.82. The topological polar surface area (TPSA) is 29.9 Å². The predicted octanol–water partition coefficient (Wildman–Crippen LogP) is 2.35. The number of rotatable bonds is 5. The van der Waals surface area contributed by atoms with Gasteiger partial charge in [0.2, 0.25) is 0 Å². The van der Waals surface area contributed by atoms with Crippen LogP contribution in [0.4, 0.5) is 0 Å². The Morgan fingerprint density at radius 1 is 1.28 bits per heavy atom. The quantitative estimate of drug-likeness (QED) is 0.873. The molecule has 2 rings (SSSR count). The predicted molar refractivity (Wildman–Crippen MR) is 74.6 cm³/mol. The van der Waals surface area contributed by atoms with Gasteiger partial charge in [0, 0.05) is 19.3 Å². The first kappa shape index (κ1) is 12.8. The van der Waals surface area contributed by atoms with Gasteiger partial charge in [-0.1, -0.05) is 37.3 Å². The van der Waals surface area contributed by atoms with Gasteiger partial charge in [-0.2, -0.15) is 5.10 Å². The molecule has 0 spiro atoms. The van der Waals surface area contributed by atoms with E-state index in [1.165, 1.54) is 11.1 Å². The van der Waals surface area contributed by atoms with Crippen LogP contribution in [0, 0.1) is 0 Å². The Balaban J connectivity index is 2.09. The van der Waals surface area contributed by atoms with E-state index in [0.717, 1.165) is 6.42 Å². The minimum atomic E-state index is 0.427. The number of nitrogens with one attached hydrogen (secondary N) is 1. The molecule has 0 radical (unpaired) electrons. The van der Waals surface area contributed by atoms with Gasteiger partial charge >= 0.3 is 0 Å². The molecule has 0 fully saturated rings. The molecule has 2 unspecified atom stereocenters. The minimum absolute atomic E-state index is 0.427. The maximum Gasteiger partial charge on any atom is 0.0522 e. The Kier molecular flexibility index (Phi) is 4.15. The first-order chi connectivity index (χ1) is 8.70. The van der Waals surface area contributed by atoms with Gasteiger partial charge in [-0.05, 0) is 30.5 Å². The summed E-state index contributed by atoms with van der Waals surface area (Å²) in [6.07, 6.45) is 5.03. The van der Waals surface area contributed by atoms with Gasteiger partial charge in [0.15, 0.2) is 0 Å². The molecular formula is C15H21N3. The van der Waals surface area contributed by atoms with Crippen LogP contribution in [0.5, 0.6) is 0 Å². The third-order valence-electron chi connectivity index (χ3n) is 3.51. The van der Waals surface area contributed by atoms with Crippen LogP contribution in [-0.2, 0) is 13.5 Å². The van der Waals surface area contributed by atoms with Crippen molar-refractivity contribution >= 4 is 0 Å². The summed E-state index contributed by atoms with van der Waals surface area (Å²) in [6, 6.07) is 11.1. The van der Waals surface area contributed by atoms with Crippen molar-refractivity contribution in [3.05, 3.63) is 53.9 Å². The molecule has 1 aromatic carbocycles. The Morgan fingerprint density at radius 3 is 2.56 bits per heavy atom. The molecule has 96 valence electrons. The molecule has 1 aromatic heterocycles. The van der Waals surface area contributed by atoms with E-state index in [-0.39, 0.29) is 0 Å². The fourth-order valence-electron chi connectivity index (χ4n) is 2.35. The first-order valence-electron chi connectivity index (χ1n) is 6.40. The fourth-order valence-corrected chi connectivity index (χ4v) is 2.35. The normalized spacial score (nSPS) is 14.4. The van der Waals surface area contributed by atoms with Crippen LogP contribution in [0.2, 0.25) is 0 Å². The third kappa shape index (κ3) is 2.99. The van der Waals surface area contributed by atoms with Crippen molar-refractivity contribution in [1.29, 1.82) is 0 Å². The van der Waals surface area contributed by atoms with E-state index in [4.69, 9.17) is 0 Å². The zero-order chi connectivity index (χ0) is 13.0. The highest BCUT2D eigenvalue weighted by atomic mass is 15.2. The van der Waals surface area contributed by atoms with Crippen LogP contribution >= 0.6 is 0 Å². The molecule has 0 aliphatic carbocycles. The Morgan fingerprint density at radius 2 is 2.00 bits per heavy atom. The molecule has 0 bridgehead atoms. The van der Waals surface area contributed by atoms with Crippen molar-refractivity contribution < 1.29 is 0 Å². The van der Waals surface area contributed by atoms with Crippen LogP contribution in [0.1, 0.15) is 24.0 Å². The Labute approximate surface area is 109 Å². The van der Waals surface area contributed by atoms with Crippen molar-refractivity contribution in [1.82, 2.24) is 15.1 Å². The van der Waals surface area contributed by atoms with Crippen LogP contribution in [0.3, 0.4) is 0 Å². The molecule has 2 atom stereocenters. The van der Waals surface area contributed by atoms with Crippen molar-refractivity contribution in [2.24, 2.45) is 7.05 Å². The molecule has 0 amide bonds. The van der Waals surface area contributed by atoms with Crippen LogP contribution in [0.15, 0.2) is 42.7 Å². The zero-order valence-electron chi connectivity index (χ0n) is 11.3. The summed E-state index contributed by atoms with van der Waals surface area (Å²) in [7, 11) is 3.99. The molecule has 0 aliphatic rings. The summed E-state index contributed by atoms with van der Waals surface area (Å²) >= 11 is 0. The standard InChI is InChI=1S/C15H21N3/c1-12(14-7-5-4-6-8-14)15(16-2)9-13-10-17-18(3)11-13/h4-8,10-12,15-16H,9H2,1-3H3. The maximum absolute atomic E-state index is 4.22. The summed E-state index contributed by atoms with van der Waals surface area (Å²) < 4.78 is 1.86. The molecule has 0 saturated heterocycles. The van der Waals surface area contributed by atoms with E-state index in [9.17, 15) is 0 Å². The highest BCUT2D eigenvalue weighted by Crippen LogP contribution is 2.21. The van der Waals surface area contributed by atoms with Crippen LogP contribution in [0.25, 0.3) is 0 Å². The molecule has 0 saturated carbocycles. The summed E-state index contributed by atoms with van der Waals surface area (Å²) in [5.41, 5.74) is 2.65. The number of nitrogens with zero attached hydrogens (tertiary/aromatic N) is 2. The second-order valence-corrected chi connectivity index (χ2v) is 4.82. The maximum atomic E-state index is 4.22. The highest BCUT2D eigenvalue weighted by Gasteiger charge is 2.18. The van der Waals surface area contributed by atoms with E-state index in [2.05, 4.69) is 53.9 Å². The monoisotopic (exact) mass is 243 g/mol. The number of hydrogen-bond donors (Lipinski definition) is 1. The SMILES string of the molecule is CNC(Cc1cnn(C)c1)C(C)c1ccccc1. The van der Waals surface area contributed by atoms with Gasteiger partial charge < -0.3 is 5.32 Å². The zero-order valence-corrected chi connectivity index (χ0v) is 11.3. The van der Waals surface area contributed by atoms with Gasteiger partial charge in [-0.25, -0.2) is 0 Å². The molecule has 2 aromatic rings. The van der Waals surface area contributed by atoms with E-state index < -0.39 is 0 Å². The molecule has 3 heteroatoms. The Hall–Kier alpha value is -1.61. The number of likely N-dealkylation sites (N-methyl/N-ethyl adjacent to an activating group) is 1. The lowest BCUT2D eigenvalue weighted by Crippen LogP contribution is -2.32. The van der Waals surface area contributed by atoms with E-state index in [1.54, 1.807) is 0 Å². The van der Waals surface area contributed by atoms with Crippen molar-refractivity contribution in [3.8, 4) is 0 Å². The van der Waals surface area contributed by atoms with Gasteiger partial charge in [0.1, 0.15) is 0 Å². The summed E-state index contributed by atoms with van der Waals surface area (Å²) in [5.74, 6) is 0.483. The number of benzene rings is 1. The number of aromatic nitrogens is 2. The lowest BCUT2D eigenvalue weighted by Gasteiger charge is -2.23. The Bertz CT molecular complexity index is 475. The lowest BCUT2D eigenvalue weighted by molar-refractivity contribution is 0.483. The molecule has 1 heterocycles. The number of hydrogen-bond acceptors (Lipinski definition) is 2.